The Kier molecular flexibility index (Phi) is 3.78. The molecule has 3 nitrogen and oxygen atoms in total. The molecule has 0 amide bonds. The Bertz CT molecular complexity index is 357. The van der Waals surface area contributed by atoms with E-state index in [-0.39, 0.29) is 6.04 Å². The van der Waals surface area contributed by atoms with E-state index < -0.39 is 0 Å². The number of pyridine rings is 1. The van der Waals surface area contributed by atoms with Crippen LogP contribution in [0.5, 0.6) is 0 Å². The number of nitrogen functional groups attached to an aromatic ring is 1. The summed E-state index contributed by atoms with van der Waals surface area (Å²) in [5, 5.41) is 3.14. The van der Waals surface area contributed by atoms with Crippen LogP contribution >= 0.6 is 15.9 Å². The third-order valence-corrected chi connectivity index (χ3v) is 2.12. The van der Waals surface area contributed by atoms with E-state index in [9.17, 15) is 0 Å². The minimum absolute atomic E-state index is 0.177. The molecule has 0 aliphatic rings. The molecule has 1 unspecified atom stereocenters. The smallest absolute Gasteiger partial charge is 0.149 e. The number of rotatable bonds is 3. The van der Waals surface area contributed by atoms with Crippen molar-refractivity contribution in [2.24, 2.45) is 0 Å². The molecule has 0 aliphatic carbocycles. The van der Waals surface area contributed by atoms with Gasteiger partial charge < -0.3 is 11.1 Å². The highest BCUT2D eigenvalue weighted by Gasteiger charge is 2.04. The van der Waals surface area contributed by atoms with Crippen molar-refractivity contribution in [2.45, 2.75) is 19.4 Å². The molecular weight excluding hydrogens is 242 g/mol. The van der Waals surface area contributed by atoms with E-state index in [1.165, 1.54) is 0 Å². The van der Waals surface area contributed by atoms with Crippen LogP contribution in [0.3, 0.4) is 0 Å². The highest BCUT2D eigenvalue weighted by molar-refractivity contribution is 9.10. The Labute approximate surface area is 92.2 Å². The molecule has 0 bridgehead atoms. The second kappa shape index (κ2) is 4.87. The SMILES string of the molecule is C#CCC(C)Nc1ncc(Br)cc1N. The predicted octanol–water partition coefficient (Wildman–Crippen LogP) is 2.25. The van der Waals surface area contributed by atoms with Crippen molar-refractivity contribution in [3.05, 3.63) is 16.7 Å². The lowest BCUT2D eigenvalue weighted by Crippen LogP contribution is -2.16. The first-order valence-corrected chi connectivity index (χ1v) is 5.03. The number of hydrogen-bond acceptors (Lipinski definition) is 3. The number of hydrogen-bond donors (Lipinski definition) is 2. The summed E-state index contributed by atoms with van der Waals surface area (Å²) in [5.41, 5.74) is 6.37. The van der Waals surface area contributed by atoms with Crippen molar-refractivity contribution in [2.75, 3.05) is 11.1 Å². The van der Waals surface area contributed by atoms with Crippen LogP contribution in [0, 0.1) is 12.3 Å². The standard InChI is InChI=1S/C10H12BrN3/c1-3-4-7(2)14-10-9(12)5-8(11)6-13-10/h1,5-7H,4,12H2,2H3,(H,13,14). The molecule has 74 valence electrons. The van der Waals surface area contributed by atoms with Gasteiger partial charge in [-0.15, -0.1) is 12.3 Å². The quantitative estimate of drug-likeness (QED) is 0.813. The van der Waals surface area contributed by atoms with Gasteiger partial charge in [0.1, 0.15) is 5.82 Å². The maximum atomic E-state index is 5.76. The zero-order chi connectivity index (χ0) is 10.6. The monoisotopic (exact) mass is 253 g/mol. The minimum Gasteiger partial charge on any atom is -0.396 e. The summed E-state index contributed by atoms with van der Waals surface area (Å²) in [7, 11) is 0. The lowest BCUT2D eigenvalue weighted by Gasteiger charge is -2.13. The van der Waals surface area contributed by atoms with Crippen molar-refractivity contribution < 1.29 is 0 Å². The van der Waals surface area contributed by atoms with Gasteiger partial charge in [-0.05, 0) is 28.9 Å². The molecule has 3 N–H and O–H groups in total. The topological polar surface area (TPSA) is 50.9 Å². The molecule has 0 saturated heterocycles. The van der Waals surface area contributed by atoms with Crippen molar-refractivity contribution in [1.82, 2.24) is 4.98 Å². The maximum absolute atomic E-state index is 5.76. The van der Waals surface area contributed by atoms with Crippen LogP contribution in [0.15, 0.2) is 16.7 Å². The van der Waals surface area contributed by atoms with Crippen LogP contribution in [0.25, 0.3) is 0 Å². The summed E-state index contributed by atoms with van der Waals surface area (Å²) in [6, 6.07) is 1.98. The van der Waals surface area contributed by atoms with Gasteiger partial charge in [-0.3, -0.25) is 0 Å². The first-order chi connectivity index (χ1) is 6.63. The largest absolute Gasteiger partial charge is 0.396 e. The van der Waals surface area contributed by atoms with Crippen LogP contribution in [-0.2, 0) is 0 Å². The van der Waals surface area contributed by atoms with Gasteiger partial charge in [0.2, 0.25) is 0 Å². The van der Waals surface area contributed by atoms with Gasteiger partial charge in [0.25, 0.3) is 0 Å². The third kappa shape index (κ3) is 2.93. The number of nitrogens with two attached hydrogens (primary N) is 1. The molecule has 0 fully saturated rings. The lowest BCUT2D eigenvalue weighted by atomic mass is 10.2. The molecule has 4 heteroatoms. The fourth-order valence-corrected chi connectivity index (χ4v) is 1.39. The Morgan fingerprint density at radius 2 is 2.50 bits per heavy atom. The zero-order valence-corrected chi connectivity index (χ0v) is 9.51. The summed E-state index contributed by atoms with van der Waals surface area (Å²) in [4.78, 5) is 4.15. The predicted molar refractivity (Wildman–Crippen MR) is 62.9 cm³/mol. The number of terminal acetylenes is 1. The zero-order valence-electron chi connectivity index (χ0n) is 7.92. The highest BCUT2D eigenvalue weighted by atomic mass is 79.9. The summed E-state index contributed by atoms with van der Waals surface area (Å²) in [5.74, 6) is 3.26. The van der Waals surface area contributed by atoms with Crippen molar-refractivity contribution in [3.63, 3.8) is 0 Å². The Morgan fingerprint density at radius 1 is 1.79 bits per heavy atom. The molecule has 1 atom stereocenters. The summed E-state index contributed by atoms with van der Waals surface area (Å²) >= 11 is 3.29. The van der Waals surface area contributed by atoms with E-state index in [1.807, 2.05) is 6.92 Å². The van der Waals surface area contributed by atoms with Crippen molar-refractivity contribution in [3.8, 4) is 12.3 Å². The van der Waals surface area contributed by atoms with E-state index in [0.717, 1.165) is 4.47 Å². The van der Waals surface area contributed by atoms with Gasteiger partial charge in [0.15, 0.2) is 0 Å². The molecular formula is C10H12BrN3. The normalized spacial score (nSPS) is 11.8. The molecule has 1 aromatic rings. The lowest BCUT2D eigenvalue weighted by molar-refractivity contribution is 0.822. The number of halogens is 1. The average Bonchev–Trinajstić information content (AvgIpc) is 2.10. The molecule has 14 heavy (non-hydrogen) atoms. The second-order valence-corrected chi connectivity index (χ2v) is 3.96. The number of aromatic nitrogens is 1. The van der Waals surface area contributed by atoms with Crippen LogP contribution < -0.4 is 11.1 Å². The van der Waals surface area contributed by atoms with Gasteiger partial charge in [0, 0.05) is 23.1 Å². The van der Waals surface area contributed by atoms with Gasteiger partial charge in [-0.1, -0.05) is 0 Å². The van der Waals surface area contributed by atoms with E-state index >= 15 is 0 Å². The van der Waals surface area contributed by atoms with E-state index in [2.05, 4.69) is 32.2 Å². The van der Waals surface area contributed by atoms with E-state index in [1.54, 1.807) is 12.3 Å². The van der Waals surface area contributed by atoms with Gasteiger partial charge in [0.05, 0.1) is 5.69 Å². The molecule has 0 aliphatic heterocycles. The molecule has 1 heterocycles. The second-order valence-electron chi connectivity index (χ2n) is 3.05. The molecule has 0 spiro atoms. The average molecular weight is 254 g/mol. The third-order valence-electron chi connectivity index (χ3n) is 1.69. The van der Waals surface area contributed by atoms with E-state index in [0.29, 0.717) is 17.9 Å². The Morgan fingerprint density at radius 3 is 3.07 bits per heavy atom. The van der Waals surface area contributed by atoms with Gasteiger partial charge >= 0.3 is 0 Å². The maximum Gasteiger partial charge on any atom is 0.149 e. The fourth-order valence-electron chi connectivity index (χ4n) is 1.04. The van der Waals surface area contributed by atoms with Crippen LogP contribution in [-0.4, -0.2) is 11.0 Å². The van der Waals surface area contributed by atoms with Gasteiger partial charge in [-0.25, -0.2) is 4.98 Å². The summed E-state index contributed by atoms with van der Waals surface area (Å²) in [6.07, 6.45) is 7.54. The number of nitrogens with one attached hydrogen (secondary N) is 1. The Hall–Kier alpha value is -1.21. The molecule has 1 rings (SSSR count). The van der Waals surface area contributed by atoms with Crippen molar-refractivity contribution in [1.29, 1.82) is 0 Å². The fraction of sp³-hybridized carbons (Fsp3) is 0.300. The minimum atomic E-state index is 0.177. The molecule has 0 radical (unpaired) electrons. The first-order valence-electron chi connectivity index (χ1n) is 4.24. The molecule has 0 aromatic carbocycles. The number of nitrogens with zero attached hydrogens (tertiary/aromatic N) is 1. The van der Waals surface area contributed by atoms with Crippen LogP contribution in [0.4, 0.5) is 11.5 Å². The van der Waals surface area contributed by atoms with Crippen LogP contribution in [0.1, 0.15) is 13.3 Å². The summed E-state index contributed by atoms with van der Waals surface area (Å²) in [6.45, 7) is 1.99. The summed E-state index contributed by atoms with van der Waals surface area (Å²) < 4.78 is 0.866. The molecule has 1 aromatic heterocycles. The Balaban J connectivity index is 2.73. The first kappa shape index (κ1) is 10.9. The highest BCUT2D eigenvalue weighted by Crippen LogP contribution is 2.20. The van der Waals surface area contributed by atoms with Crippen LogP contribution in [0.2, 0.25) is 0 Å². The van der Waals surface area contributed by atoms with E-state index in [4.69, 9.17) is 12.2 Å². The number of anilines is 2. The van der Waals surface area contributed by atoms with Crippen molar-refractivity contribution >= 4 is 27.4 Å². The molecule has 0 saturated carbocycles. The van der Waals surface area contributed by atoms with Gasteiger partial charge in [-0.2, -0.15) is 0 Å².